The summed E-state index contributed by atoms with van der Waals surface area (Å²) in [6, 6.07) is 0.572. The van der Waals surface area contributed by atoms with Gasteiger partial charge < -0.3 is 14.8 Å². The first-order valence-corrected chi connectivity index (χ1v) is 8.07. The van der Waals surface area contributed by atoms with E-state index in [9.17, 15) is 0 Å². The van der Waals surface area contributed by atoms with Gasteiger partial charge in [-0.3, -0.25) is 0 Å². The molecule has 4 rings (SSSR count). The van der Waals surface area contributed by atoms with E-state index in [-0.39, 0.29) is 0 Å². The van der Waals surface area contributed by atoms with Crippen molar-refractivity contribution in [2.24, 2.45) is 0 Å². The number of hydrogen-bond acceptors (Lipinski definition) is 3. The van der Waals surface area contributed by atoms with Crippen LogP contribution >= 0.6 is 11.6 Å². The number of piperidine rings is 1. The topological polar surface area (TPSA) is 30.5 Å². The zero-order valence-electron chi connectivity index (χ0n) is 11.6. The maximum absolute atomic E-state index is 6.49. The quantitative estimate of drug-likeness (QED) is 0.909. The van der Waals surface area contributed by atoms with Crippen LogP contribution in [0.15, 0.2) is 0 Å². The van der Waals surface area contributed by atoms with E-state index < -0.39 is 0 Å². The fourth-order valence-corrected chi connectivity index (χ4v) is 4.06. The first-order chi connectivity index (χ1) is 9.84. The number of rotatable bonds is 2. The van der Waals surface area contributed by atoms with Crippen LogP contribution in [0, 0.1) is 0 Å². The molecule has 0 saturated carbocycles. The van der Waals surface area contributed by atoms with Crippen molar-refractivity contribution in [1.82, 2.24) is 5.32 Å². The highest BCUT2D eigenvalue weighted by atomic mass is 35.5. The molecule has 0 amide bonds. The normalized spacial score (nSPS) is 23.9. The second kappa shape index (κ2) is 5.12. The van der Waals surface area contributed by atoms with Crippen molar-refractivity contribution in [3.63, 3.8) is 0 Å². The molecule has 1 N–H and O–H groups in total. The van der Waals surface area contributed by atoms with Crippen molar-refractivity contribution < 1.29 is 9.47 Å². The van der Waals surface area contributed by atoms with Gasteiger partial charge in [0.25, 0.3) is 0 Å². The molecule has 0 spiro atoms. The van der Waals surface area contributed by atoms with Crippen molar-refractivity contribution in [3.05, 3.63) is 21.7 Å². The summed E-state index contributed by atoms with van der Waals surface area (Å²) in [6.07, 6.45) is 6.81. The number of halogens is 1. The molecule has 108 valence electrons. The number of ether oxygens (including phenoxy) is 2. The Hall–Kier alpha value is -0.930. The molecule has 3 nitrogen and oxygen atoms in total. The summed E-state index contributed by atoms with van der Waals surface area (Å²) in [4.78, 5) is 0. The van der Waals surface area contributed by atoms with E-state index >= 15 is 0 Å². The molecular weight excluding hydrogens is 274 g/mol. The van der Waals surface area contributed by atoms with Crippen molar-refractivity contribution in [1.29, 1.82) is 0 Å². The molecule has 3 heterocycles. The summed E-state index contributed by atoms with van der Waals surface area (Å²) in [5.41, 5.74) is 3.81. The predicted molar refractivity (Wildman–Crippen MR) is 79.2 cm³/mol. The second-order valence-electron chi connectivity index (χ2n) is 5.96. The zero-order chi connectivity index (χ0) is 13.5. The van der Waals surface area contributed by atoms with E-state index in [1.54, 1.807) is 0 Å². The Morgan fingerprint density at radius 1 is 1.05 bits per heavy atom. The Morgan fingerprint density at radius 3 is 2.65 bits per heavy atom. The van der Waals surface area contributed by atoms with Gasteiger partial charge in [0, 0.05) is 35.6 Å². The molecule has 20 heavy (non-hydrogen) atoms. The van der Waals surface area contributed by atoms with E-state index in [0.717, 1.165) is 61.1 Å². The summed E-state index contributed by atoms with van der Waals surface area (Å²) < 4.78 is 11.7. The van der Waals surface area contributed by atoms with Gasteiger partial charge in [-0.25, -0.2) is 0 Å². The van der Waals surface area contributed by atoms with Gasteiger partial charge in [-0.05, 0) is 25.8 Å². The number of benzene rings is 1. The van der Waals surface area contributed by atoms with Gasteiger partial charge in [0.15, 0.2) is 0 Å². The van der Waals surface area contributed by atoms with Crippen molar-refractivity contribution >= 4 is 11.6 Å². The largest absolute Gasteiger partial charge is 0.493 e. The second-order valence-corrected chi connectivity index (χ2v) is 6.33. The molecule has 0 aliphatic carbocycles. The van der Waals surface area contributed by atoms with Crippen LogP contribution in [-0.4, -0.2) is 25.8 Å². The fraction of sp³-hybridized carbons (Fsp3) is 0.625. The molecule has 1 atom stereocenters. The summed E-state index contributed by atoms with van der Waals surface area (Å²) in [5, 5.41) is 4.43. The Bertz CT molecular complexity index is 503. The Kier molecular flexibility index (Phi) is 3.27. The number of fused-ring (bicyclic) bond motifs is 2. The van der Waals surface area contributed by atoms with Gasteiger partial charge in [0.1, 0.15) is 11.5 Å². The summed E-state index contributed by atoms with van der Waals surface area (Å²) in [6.45, 7) is 2.64. The van der Waals surface area contributed by atoms with Gasteiger partial charge >= 0.3 is 0 Å². The number of nitrogens with one attached hydrogen (secondary N) is 1. The lowest BCUT2D eigenvalue weighted by atomic mass is 9.91. The molecule has 1 unspecified atom stereocenters. The first kappa shape index (κ1) is 12.8. The van der Waals surface area contributed by atoms with E-state index in [0.29, 0.717) is 6.04 Å². The molecule has 0 bridgehead atoms. The SMILES string of the molecule is Clc1c2c(c(CC3CCCCN3)c3c1OCC3)OCC2. The van der Waals surface area contributed by atoms with Crippen LogP contribution in [0.1, 0.15) is 36.0 Å². The van der Waals surface area contributed by atoms with Crippen LogP contribution < -0.4 is 14.8 Å². The monoisotopic (exact) mass is 293 g/mol. The van der Waals surface area contributed by atoms with Gasteiger partial charge in [-0.1, -0.05) is 18.0 Å². The average Bonchev–Trinajstić information content (AvgIpc) is 3.14. The Labute approximate surface area is 124 Å². The third-order valence-corrected chi connectivity index (χ3v) is 5.11. The van der Waals surface area contributed by atoms with E-state index in [1.807, 2.05) is 0 Å². The number of hydrogen-bond donors (Lipinski definition) is 1. The van der Waals surface area contributed by atoms with Crippen LogP contribution in [-0.2, 0) is 19.3 Å². The molecule has 1 fully saturated rings. The maximum Gasteiger partial charge on any atom is 0.142 e. The van der Waals surface area contributed by atoms with Crippen LogP contribution in [0.3, 0.4) is 0 Å². The van der Waals surface area contributed by atoms with Gasteiger partial charge in [-0.2, -0.15) is 0 Å². The van der Waals surface area contributed by atoms with E-state index in [4.69, 9.17) is 21.1 Å². The molecule has 4 heteroatoms. The third kappa shape index (κ3) is 1.99. The average molecular weight is 294 g/mol. The van der Waals surface area contributed by atoms with Crippen molar-refractivity contribution in [2.75, 3.05) is 19.8 Å². The highest BCUT2D eigenvalue weighted by Gasteiger charge is 2.31. The standard InChI is InChI=1S/C16H20ClNO2/c17-14-12-5-8-19-15(12)13(11-4-7-20-16(11)14)9-10-3-1-2-6-18-10/h10,18H,1-9H2. The van der Waals surface area contributed by atoms with E-state index in [2.05, 4.69) is 5.32 Å². The lowest BCUT2D eigenvalue weighted by Gasteiger charge is -2.25. The molecule has 0 aromatic heterocycles. The first-order valence-electron chi connectivity index (χ1n) is 7.69. The Balaban J connectivity index is 1.74. The van der Waals surface area contributed by atoms with Gasteiger partial charge in [0.2, 0.25) is 0 Å². The molecule has 1 aromatic carbocycles. The fourth-order valence-electron chi connectivity index (χ4n) is 3.71. The lowest BCUT2D eigenvalue weighted by Crippen LogP contribution is -2.35. The zero-order valence-corrected chi connectivity index (χ0v) is 12.4. The smallest absolute Gasteiger partial charge is 0.142 e. The van der Waals surface area contributed by atoms with E-state index in [1.165, 1.54) is 30.4 Å². The van der Waals surface area contributed by atoms with Crippen LogP contribution in [0.2, 0.25) is 5.02 Å². The molecule has 3 aliphatic heterocycles. The minimum atomic E-state index is 0.572. The highest BCUT2D eigenvalue weighted by Crippen LogP contribution is 2.47. The van der Waals surface area contributed by atoms with Crippen LogP contribution in [0.5, 0.6) is 11.5 Å². The minimum absolute atomic E-state index is 0.572. The highest BCUT2D eigenvalue weighted by molar-refractivity contribution is 6.33. The third-order valence-electron chi connectivity index (χ3n) is 4.71. The van der Waals surface area contributed by atoms with Gasteiger partial charge in [-0.15, -0.1) is 0 Å². The summed E-state index contributed by atoms with van der Waals surface area (Å²) in [5.74, 6) is 1.99. The van der Waals surface area contributed by atoms with Crippen LogP contribution in [0.25, 0.3) is 0 Å². The summed E-state index contributed by atoms with van der Waals surface area (Å²) >= 11 is 6.49. The molecular formula is C16H20ClNO2. The molecule has 0 radical (unpaired) electrons. The Morgan fingerprint density at radius 2 is 1.85 bits per heavy atom. The van der Waals surface area contributed by atoms with Crippen molar-refractivity contribution in [3.8, 4) is 11.5 Å². The van der Waals surface area contributed by atoms with Crippen LogP contribution in [0.4, 0.5) is 0 Å². The lowest BCUT2D eigenvalue weighted by molar-refractivity contribution is 0.346. The summed E-state index contributed by atoms with van der Waals surface area (Å²) in [7, 11) is 0. The maximum atomic E-state index is 6.49. The molecule has 3 aliphatic rings. The minimum Gasteiger partial charge on any atom is -0.493 e. The molecule has 1 saturated heterocycles. The predicted octanol–water partition coefficient (Wildman–Crippen LogP) is 2.89. The van der Waals surface area contributed by atoms with Gasteiger partial charge in [0.05, 0.1) is 18.2 Å². The molecule has 1 aromatic rings. The van der Waals surface area contributed by atoms with Crippen molar-refractivity contribution in [2.45, 2.75) is 44.6 Å².